The Balaban J connectivity index is 1.23. The number of unbranched alkanes of at least 4 members (excludes halogenated alkanes) is 1. The van der Waals surface area contributed by atoms with Crippen molar-refractivity contribution in [1.82, 2.24) is 4.90 Å². The van der Waals surface area contributed by atoms with Crippen LogP contribution in [0.3, 0.4) is 0 Å². The first-order chi connectivity index (χ1) is 15.9. The third-order valence-electron chi connectivity index (χ3n) is 12.5. The Labute approximate surface area is 204 Å². The zero-order valence-electron chi connectivity index (χ0n) is 22.3. The molecule has 2 nitrogen and oxygen atoms in total. The molecule has 0 radical (unpaired) electrons. The number of hydrogen-bond donors (Lipinski definition) is 0. The fourth-order valence-corrected chi connectivity index (χ4v) is 10.9. The van der Waals surface area contributed by atoms with Crippen LogP contribution in [0.15, 0.2) is 11.6 Å². The van der Waals surface area contributed by atoms with Crippen LogP contribution in [0.1, 0.15) is 105 Å². The van der Waals surface area contributed by atoms with Gasteiger partial charge in [0.15, 0.2) is 0 Å². The van der Waals surface area contributed by atoms with Gasteiger partial charge in [-0.2, -0.15) is 0 Å². The molecular weight excluding hydrogens is 402 g/mol. The average molecular weight is 454 g/mol. The van der Waals surface area contributed by atoms with Crippen LogP contribution in [0.4, 0.5) is 0 Å². The van der Waals surface area contributed by atoms with Crippen LogP contribution < -0.4 is 0 Å². The highest BCUT2D eigenvalue weighted by molar-refractivity contribution is 5.26. The van der Waals surface area contributed by atoms with Gasteiger partial charge in [-0.25, -0.2) is 0 Å². The molecule has 33 heavy (non-hydrogen) atoms. The Morgan fingerprint density at radius 3 is 2.70 bits per heavy atom. The number of nitrogens with zero attached hydrogens (tertiary/aromatic N) is 1. The van der Waals surface area contributed by atoms with E-state index in [-0.39, 0.29) is 0 Å². The number of ether oxygens (including phenoxy) is 1. The van der Waals surface area contributed by atoms with Crippen LogP contribution in [-0.2, 0) is 4.74 Å². The van der Waals surface area contributed by atoms with Gasteiger partial charge in [0.1, 0.15) is 0 Å². The SMILES string of the molecule is CCCCO[C@H]1CC[C@@]2(C)C(=CCC3C4CC5C([C@H](C)C6CC[C@H](C)CN56)[C@@]4(C)CCC32)C1. The Kier molecular flexibility index (Phi) is 5.85. The van der Waals surface area contributed by atoms with E-state index in [0.717, 1.165) is 54.2 Å². The highest BCUT2D eigenvalue weighted by atomic mass is 16.5. The summed E-state index contributed by atoms with van der Waals surface area (Å²) in [6.45, 7) is 15.2. The van der Waals surface area contributed by atoms with Crippen molar-refractivity contribution in [2.45, 2.75) is 123 Å². The highest BCUT2D eigenvalue weighted by Crippen LogP contribution is 2.69. The van der Waals surface area contributed by atoms with Gasteiger partial charge in [0.2, 0.25) is 0 Å². The lowest BCUT2D eigenvalue weighted by atomic mass is 9.47. The largest absolute Gasteiger partial charge is 0.378 e. The van der Waals surface area contributed by atoms with Crippen molar-refractivity contribution in [3.63, 3.8) is 0 Å². The second-order valence-electron chi connectivity index (χ2n) is 14.0. The standard InChI is InChI=1S/C31H51NO/c1-6-7-16-33-23-12-14-30(4)22(17-23)9-10-24-25(30)13-15-31(5)26(24)18-28-29(31)21(3)27-11-8-20(2)19-32(27)28/h9,20-21,23-29H,6-8,10-19H2,1-5H3/t20-,21+,23-,24?,25?,26?,27?,28?,29?,30-,31-/m0/s1. The molecule has 0 spiro atoms. The molecule has 2 heteroatoms. The average Bonchev–Trinajstić information content (AvgIpc) is 3.26. The van der Waals surface area contributed by atoms with E-state index in [9.17, 15) is 0 Å². The molecule has 4 aliphatic carbocycles. The van der Waals surface area contributed by atoms with E-state index < -0.39 is 0 Å². The van der Waals surface area contributed by atoms with Gasteiger partial charge >= 0.3 is 0 Å². The van der Waals surface area contributed by atoms with Crippen molar-refractivity contribution in [3.05, 3.63) is 11.6 Å². The molecule has 6 rings (SSSR count). The molecule has 0 amide bonds. The molecule has 5 fully saturated rings. The van der Waals surface area contributed by atoms with Gasteiger partial charge in [0.25, 0.3) is 0 Å². The fraction of sp³-hybridized carbons (Fsp3) is 0.935. The van der Waals surface area contributed by atoms with Gasteiger partial charge in [0.05, 0.1) is 6.10 Å². The second-order valence-corrected chi connectivity index (χ2v) is 14.0. The van der Waals surface area contributed by atoms with Crippen molar-refractivity contribution in [1.29, 1.82) is 0 Å². The van der Waals surface area contributed by atoms with Gasteiger partial charge in [0, 0.05) is 25.2 Å². The first kappa shape index (κ1) is 23.1. The minimum atomic E-state index is 0.459. The number of piperidine rings is 1. The molecule has 0 aromatic rings. The van der Waals surface area contributed by atoms with E-state index >= 15 is 0 Å². The van der Waals surface area contributed by atoms with E-state index in [1.807, 2.05) is 0 Å². The third kappa shape index (κ3) is 3.39. The lowest BCUT2D eigenvalue weighted by Gasteiger charge is -2.58. The third-order valence-corrected chi connectivity index (χ3v) is 12.5. The number of hydrogen-bond acceptors (Lipinski definition) is 2. The van der Waals surface area contributed by atoms with E-state index in [2.05, 4.69) is 45.6 Å². The summed E-state index contributed by atoms with van der Waals surface area (Å²) in [4.78, 5) is 3.05. The molecule has 0 aromatic carbocycles. The second kappa shape index (κ2) is 8.36. The maximum absolute atomic E-state index is 6.31. The number of allylic oxidation sites excluding steroid dienone is 1. The van der Waals surface area contributed by atoms with Crippen LogP contribution in [0.2, 0.25) is 0 Å². The van der Waals surface area contributed by atoms with Gasteiger partial charge < -0.3 is 4.74 Å². The first-order valence-electron chi connectivity index (χ1n) is 14.9. The Bertz CT molecular complexity index is 775. The van der Waals surface area contributed by atoms with Crippen molar-refractivity contribution in [3.8, 4) is 0 Å². The van der Waals surface area contributed by atoms with E-state index in [4.69, 9.17) is 4.74 Å². The van der Waals surface area contributed by atoms with Crippen LogP contribution in [-0.4, -0.2) is 36.2 Å². The molecule has 2 heterocycles. The monoisotopic (exact) mass is 453 g/mol. The van der Waals surface area contributed by atoms with E-state index in [1.54, 1.807) is 5.57 Å². The Morgan fingerprint density at radius 2 is 1.88 bits per heavy atom. The van der Waals surface area contributed by atoms with Crippen molar-refractivity contribution in [2.24, 2.45) is 46.3 Å². The molecule has 0 N–H and O–H groups in total. The lowest BCUT2D eigenvalue weighted by molar-refractivity contribution is -0.0642. The summed E-state index contributed by atoms with van der Waals surface area (Å²) in [5.74, 6) is 5.60. The van der Waals surface area contributed by atoms with E-state index in [0.29, 0.717) is 16.9 Å². The van der Waals surface area contributed by atoms with Gasteiger partial charge in [-0.3, -0.25) is 4.90 Å². The van der Waals surface area contributed by atoms with Crippen LogP contribution in [0.5, 0.6) is 0 Å². The molecular formula is C31H51NO. The number of rotatable bonds is 4. The lowest BCUT2D eigenvalue weighted by Crippen LogP contribution is -2.51. The molecule has 11 atom stereocenters. The molecule has 0 bridgehead atoms. The summed E-state index contributed by atoms with van der Waals surface area (Å²) < 4.78 is 6.31. The van der Waals surface area contributed by atoms with E-state index in [1.165, 1.54) is 77.2 Å². The summed E-state index contributed by atoms with van der Waals surface area (Å²) in [6, 6.07) is 1.78. The van der Waals surface area contributed by atoms with Crippen LogP contribution in [0, 0.1) is 46.3 Å². The topological polar surface area (TPSA) is 12.5 Å². The minimum Gasteiger partial charge on any atom is -0.378 e. The molecule has 2 aliphatic heterocycles. The fourth-order valence-electron chi connectivity index (χ4n) is 10.9. The summed E-state index contributed by atoms with van der Waals surface area (Å²) in [5.41, 5.74) is 2.84. The maximum atomic E-state index is 6.31. The van der Waals surface area contributed by atoms with Gasteiger partial charge in [-0.05, 0) is 111 Å². The van der Waals surface area contributed by atoms with Crippen LogP contribution >= 0.6 is 0 Å². The van der Waals surface area contributed by atoms with Crippen molar-refractivity contribution < 1.29 is 4.74 Å². The first-order valence-corrected chi connectivity index (χ1v) is 14.9. The molecule has 186 valence electrons. The maximum Gasteiger partial charge on any atom is 0.0612 e. The molecule has 6 aliphatic rings. The van der Waals surface area contributed by atoms with Crippen molar-refractivity contribution in [2.75, 3.05) is 13.2 Å². The smallest absolute Gasteiger partial charge is 0.0612 e. The van der Waals surface area contributed by atoms with Gasteiger partial charge in [-0.15, -0.1) is 0 Å². The Morgan fingerprint density at radius 1 is 1.03 bits per heavy atom. The van der Waals surface area contributed by atoms with Crippen LogP contribution in [0.25, 0.3) is 0 Å². The summed E-state index contributed by atoms with van der Waals surface area (Å²) in [7, 11) is 0. The predicted octanol–water partition coefficient (Wildman–Crippen LogP) is 7.48. The molecule has 6 unspecified atom stereocenters. The normalized spacial score (nSPS) is 53.5. The zero-order valence-corrected chi connectivity index (χ0v) is 22.3. The van der Waals surface area contributed by atoms with Crippen molar-refractivity contribution >= 4 is 0 Å². The summed E-state index contributed by atoms with van der Waals surface area (Å²) in [5, 5.41) is 0. The summed E-state index contributed by atoms with van der Waals surface area (Å²) >= 11 is 0. The molecule has 3 saturated carbocycles. The molecule has 0 aromatic heterocycles. The Hall–Kier alpha value is -0.340. The molecule has 2 saturated heterocycles. The quantitative estimate of drug-likeness (QED) is 0.323. The number of fused-ring (bicyclic) bond motifs is 9. The van der Waals surface area contributed by atoms with Gasteiger partial charge in [-0.1, -0.05) is 52.7 Å². The predicted molar refractivity (Wildman–Crippen MR) is 137 cm³/mol. The zero-order chi connectivity index (χ0) is 23.0. The highest BCUT2D eigenvalue weighted by Gasteiger charge is 2.66. The minimum absolute atomic E-state index is 0.459. The summed E-state index contributed by atoms with van der Waals surface area (Å²) in [6.07, 6.45) is 18.4.